The molecule has 0 aliphatic rings. The molecule has 5 nitrogen and oxygen atoms in total. The minimum Gasteiger partial charge on any atom is -0.312 e. The van der Waals surface area contributed by atoms with Crippen molar-refractivity contribution in [2.24, 2.45) is 0 Å². The highest BCUT2D eigenvalue weighted by Gasteiger charge is 2.49. The molecule has 0 unspecified atom stereocenters. The molecule has 3 aromatic rings. The van der Waals surface area contributed by atoms with Crippen LogP contribution in [-0.2, 0) is 14.6 Å². The summed E-state index contributed by atoms with van der Waals surface area (Å²) in [6, 6.07) is 25.5. The molecule has 0 aliphatic heterocycles. The van der Waals surface area contributed by atoms with Crippen molar-refractivity contribution in [1.29, 1.82) is 0 Å². The molecule has 0 aromatic heterocycles. The maximum atomic E-state index is 15.2. The number of aryl methyl sites for hydroxylation is 1. The molecular weight excluding hydrogens is 451 g/mol. The van der Waals surface area contributed by atoms with Gasteiger partial charge < -0.3 is 4.57 Å². The average Bonchev–Trinajstić information content (AvgIpc) is 2.84. The van der Waals surface area contributed by atoms with Gasteiger partial charge in [0.15, 0.2) is 7.14 Å². The molecule has 0 saturated carbocycles. The molecule has 0 saturated heterocycles. The van der Waals surface area contributed by atoms with E-state index in [1.54, 1.807) is 24.3 Å². The lowest BCUT2D eigenvalue weighted by molar-refractivity contribution is 0.361. The smallest absolute Gasteiger partial charge is 0.253 e. The molecule has 2 N–H and O–H groups in total. The van der Waals surface area contributed by atoms with E-state index in [0.717, 1.165) is 18.4 Å². The number of hydrazine groups is 1. The summed E-state index contributed by atoms with van der Waals surface area (Å²) in [6.07, 6.45) is 2.56. The molecule has 0 atom stereocenters. The lowest BCUT2D eigenvalue weighted by Gasteiger charge is -2.42. The van der Waals surface area contributed by atoms with Crippen molar-refractivity contribution in [3.05, 3.63) is 90.5 Å². The Balaban J connectivity index is 2.14. The normalized spacial score (nSPS) is 12.6. The lowest BCUT2D eigenvalue weighted by Crippen LogP contribution is -2.56. The summed E-state index contributed by atoms with van der Waals surface area (Å²) >= 11 is 0. The van der Waals surface area contributed by atoms with Crippen LogP contribution in [0.15, 0.2) is 89.8 Å². The van der Waals surface area contributed by atoms with E-state index in [9.17, 15) is 8.42 Å². The van der Waals surface area contributed by atoms with E-state index in [1.165, 1.54) is 0 Å². The molecule has 0 radical (unpaired) electrons. The van der Waals surface area contributed by atoms with Gasteiger partial charge in [0, 0.05) is 10.6 Å². The van der Waals surface area contributed by atoms with Gasteiger partial charge in [-0.05, 0) is 31.9 Å². The third-order valence-corrected chi connectivity index (χ3v) is 11.0. The van der Waals surface area contributed by atoms with Crippen molar-refractivity contribution < 1.29 is 13.0 Å². The van der Waals surface area contributed by atoms with Gasteiger partial charge in [0.25, 0.3) is 10.0 Å². The molecule has 3 aromatic carbocycles. The van der Waals surface area contributed by atoms with Gasteiger partial charge in [-0.15, -0.1) is 4.83 Å². The van der Waals surface area contributed by atoms with E-state index in [2.05, 4.69) is 10.3 Å². The standard InChI is InChI=1S/C26H33N2O3PS/c1-4-20-26(21-5-2,27-28-33(30,31)25-18-16-22(3)17-19-25)32(29,23-12-8-6-9-13-23)24-14-10-7-11-15-24/h6-19,27-28H,4-5,20-21H2,1-3H3. The van der Waals surface area contributed by atoms with E-state index in [0.29, 0.717) is 23.5 Å². The second-order valence-electron chi connectivity index (χ2n) is 8.36. The Morgan fingerprint density at radius 1 is 0.758 bits per heavy atom. The first-order valence-corrected chi connectivity index (χ1v) is 14.5. The quantitative estimate of drug-likeness (QED) is 0.294. The second kappa shape index (κ2) is 10.8. The van der Waals surface area contributed by atoms with Crippen LogP contribution in [0.1, 0.15) is 45.1 Å². The van der Waals surface area contributed by atoms with E-state index in [1.807, 2.05) is 81.4 Å². The van der Waals surface area contributed by atoms with Gasteiger partial charge >= 0.3 is 0 Å². The van der Waals surface area contributed by atoms with Crippen LogP contribution < -0.4 is 20.9 Å². The molecular formula is C26H33N2O3PS. The van der Waals surface area contributed by atoms with E-state index in [-0.39, 0.29) is 4.90 Å². The van der Waals surface area contributed by atoms with Gasteiger partial charge in [0.05, 0.1) is 10.2 Å². The maximum absolute atomic E-state index is 15.2. The third-order valence-electron chi connectivity index (χ3n) is 5.92. The van der Waals surface area contributed by atoms with Crippen LogP contribution in [0.5, 0.6) is 0 Å². The summed E-state index contributed by atoms with van der Waals surface area (Å²) in [5.41, 5.74) is 4.10. The van der Waals surface area contributed by atoms with E-state index in [4.69, 9.17) is 0 Å². The second-order valence-corrected chi connectivity index (χ2v) is 13.1. The topological polar surface area (TPSA) is 75.3 Å². The SMILES string of the molecule is CCCC(CCC)(NNS(=O)(=O)c1ccc(C)cc1)P(=O)(c1ccccc1)c1ccccc1. The zero-order valence-corrected chi connectivity index (χ0v) is 21.2. The van der Waals surface area contributed by atoms with Crippen LogP contribution in [0, 0.1) is 6.92 Å². The first-order chi connectivity index (χ1) is 15.8. The molecule has 0 aliphatic carbocycles. The Morgan fingerprint density at radius 2 is 1.21 bits per heavy atom. The van der Waals surface area contributed by atoms with Crippen LogP contribution in [0.3, 0.4) is 0 Å². The monoisotopic (exact) mass is 484 g/mol. The van der Waals surface area contributed by atoms with Crippen LogP contribution in [-0.4, -0.2) is 13.7 Å². The summed E-state index contributed by atoms with van der Waals surface area (Å²) in [4.78, 5) is 2.76. The minimum atomic E-state index is -3.85. The van der Waals surface area contributed by atoms with Gasteiger partial charge in [0.1, 0.15) is 0 Å². The van der Waals surface area contributed by atoms with Crippen LogP contribution in [0.2, 0.25) is 0 Å². The molecule has 33 heavy (non-hydrogen) atoms. The van der Waals surface area contributed by atoms with Gasteiger partial charge in [-0.3, -0.25) is 0 Å². The highest BCUT2D eigenvalue weighted by atomic mass is 32.2. The van der Waals surface area contributed by atoms with E-state index < -0.39 is 22.4 Å². The predicted molar refractivity (Wildman–Crippen MR) is 137 cm³/mol. The van der Waals surface area contributed by atoms with Crippen LogP contribution in [0.25, 0.3) is 0 Å². The predicted octanol–water partition coefficient (Wildman–Crippen LogP) is 5.09. The summed E-state index contributed by atoms with van der Waals surface area (Å²) in [7, 11) is -7.18. The maximum Gasteiger partial charge on any atom is 0.253 e. The Morgan fingerprint density at radius 3 is 1.64 bits per heavy atom. The Kier molecular flexibility index (Phi) is 8.30. The highest BCUT2D eigenvalue weighted by molar-refractivity contribution is 7.89. The zero-order valence-electron chi connectivity index (χ0n) is 19.5. The Bertz CT molecular complexity index is 1130. The number of hydrogen-bond donors (Lipinski definition) is 2. The number of sulfonamides is 1. The van der Waals surface area contributed by atoms with Crippen molar-refractivity contribution in [3.63, 3.8) is 0 Å². The van der Waals surface area contributed by atoms with Crippen LogP contribution in [0.4, 0.5) is 0 Å². The van der Waals surface area contributed by atoms with Crippen molar-refractivity contribution in [2.75, 3.05) is 0 Å². The number of nitrogens with one attached hydrogen (secondary N) is 2. The third kappa shape index (κ3) is 5.30. The number of hydrogen-bond acceptors (Lipinski definition) is 4. The van der Waals surface area contributed by atoms with Crippen molar-refractivity contribution in [2.45, 2.75) is 56.6 Å². The summed E-state index contributed by atoms with van der Waals surface area (Å²) in [5.74, 6) is 0. The molecule has 0 amide bonds. The Hall–Kier alpha value is -2.24. The average molecular weight is 485 g/mol. The molecule has 0 fully saturated rings. The van der Waals surface area contributed by atoms with Crippen molar-refractivity contribution in [3.8, 4) is 0 Å². The van der Waals surface area contributed by atoms with E-state index >= 15 is 4.57 Å². The molecule has 0 bridgehead atoms. The largest absolute Gasteiger partial charge is 0.312 e. The molecule has 176 valence electrons. The summed E-state index contributed by atoms with van der Waals surface area (Å²) in [5, 5.41) is 0.428. The number of benzene rings is 3. The molecule has 0 spiro atoms. The van der Waals surface area contributed by atoms with Gasteiger partial charge in [0.2, 0.25) is 0 Å². The first-order valence-electron chi connectivity index (χ1n) is 11.4. The molecule has 0 heterocycles. The number of rotatable bonds is 11. The Labute approximate surface area is 198 Å². The van der Waals surface area contributed by atoms with Crippen molar-refractivity contribution >= 4 is 27.8 Å². The summed E-state index contributed by atoms with van der Waals surface area (Å²) < 4.78 is 41.5. The summed E-state index contributed by atoms with van der Waals surface area (Å²) in [6.45, 7) is 5.97. The molecule has 3 rings (SSSR count). The fourth-order valence-corrected chi connectivity index (χ4v) is 9.11. The van der Waals surface area contributed by atoms with Crippen molar-refractivity contribution in [1.82, 2.24) is 10.3 Å². The first kappa shape index (κ1) is 25.4. The van der Waals surface area contributed by atoms with Crippen LogP contribution >= 0.6 is 7.14 Å². The van der Waals surface area contributed by atoms with Gasteiger partial charge in [-0.2, -0.15) is 0 Å². The minimum absolute atomic E-state index is 0.164. The van der Waals surface area contributed by atoms with Gasteiger partial charge in [-0.25, -0.2) is 13.8 Å². The fourth-order valence-electron chi connectivity index (χ4n) is 4.33. The molecule has 7 heteroatoms. The van der Waals surface area contributed by atoms with Gasteiger partial charge in [-0.1, -0.05) is 105 Å². The fraction of sp³-hybridized carbons (Fsp3) is 0.308. The lowest BCUT2D eigenvalue weighted by atomic mass is 10.1. The highest BCUT2D eigenvalue weighted by Crippen LogP contribution is 2.58. The zero-order chi connectivity index (χ0) is 24.0.